The molecule has 0 heterocycles. The van der Waals surface area contributed by atoms with Crippen LogP contribution in [0.25, 0.3) is 0 Å². The van der Waals surface area contributed by atoms with Crippen LogP contribution in [0.5, 0.6) is 0 Å². The van der Waals surface area contributed by atoms with Gasteiger partial charge in [-0.1, -0.05) is 12.1 Å². The zero-order chi connectivity index (χ0) is 13.3. The SMILES string of the molecule is CC(C)Nc1ccccc1S(=O)(=O)C(F)(F)F. The molecule has 0 aliphatic carbocycles. The van der Waals surface area contributed by atoms with Crippen LogP contribution in [0.1, 0.15) is 13.8 Å². The molecule has 0 saturated carbocycles. The van der Waals surface area contributed by atoms with E-state index in [4.69, 9.17) is 0 Å². The van der Waals surface area contributed by atoms with E-state index in [0.29, 0.717) is 0 Å². The summed E-state index contributed by atoms with van der Waals surface area (Å²) < 4.78 is 59.8. The molecular weight excluding hydrogens is 255 g/mol. The zero-order valence-corrected chi connectivity index (χ0v) is 10.1. The van der Waals surface area contributed by atoms with Crippen molar-refractivity contribution in [3.63, 3.8) is 0 Å². The molecule has 3 nitrogen and oxygen atoms in total. The van der Waals surface area contributed by atoms with Gasteiger partial charge in [0, 0.05) is 6.04 Å². The Hall–Kier alpha value is -1.24. The van der Waals surface area contributed by atoms with Gasteiger partial charge in [0.25, 0.3) is 9.84 Å². The van der Waals surface area contributed by atoms with Gasteiger partial charge in [0.15, 0.2) is 0 Å². The lowest BCUT2D eigenvalue weighted by atomic mass is 10.3. The van der Waals surface area contributed by atoms with Gasteiger partial charge in [-0.25, -0.2) is 8.42 Å². The fourth-order valence-electron chi connectivity index (χ4n) is 1.26. The Balaban J connectivity index is 3.33. The number of benzene rings is 1. The van der Waals surface area contributed by atoms with E-state index in [1.807, 2.05) is 0 Å². The Morgan fingerprint density at radius 3 is 2.18 bits per heavy atom. The molecule has 0 bridgehead atoms. The summed E-state index contributed by atoms with van der Waals surface area (Å²) in [6.45, 7) is 3.41. The second-order valence-corrected chi connectivity index (χ2v) is 5.65. The Labute approximate surface area is 97.6 Å². The lowest BCUT2D eigenvalue weighted by Crippen LogP contribution is -2.25. The topological polar surface area (TPSA) is 46.2 Å². The standard InChI is InChI=1S/C10H12F3NO2S/c1-7(2)14-8-5-3-4-6-9(8)17(15,16)10(11,12)13/h3-7,14H,1-2H3. The van der Waals surface area contributed by atoms with Crippen LogP contribution in [-0.4, -0.2) is 20.0 Å². The highest BCUT2D eigenvalue weighted by molar-refractivity contribution is 7.92. The highest BCUT2D eigenvalue weighted by atomic mass is 32.2. The molecule has 0 saturated heterocycles. The van der Waals surface area contributed by atoms with Crippen molar-refractivity contribution < 1.29 is 21.6 Å². The van der Waals surface area contributed by atoms with Crippen LogP contribution in [0.3, 0.4) is 0 Å². The zero-order valence-electron chi connectivity index (χ0n) is 9.25. The van der Waals surface area contributed by atoms with Crippen molar-refractivity contribution in [1.29, 1.82) is 0 Å². The highest BCUT2D eigenvalue weighted by Crippen LogP contribution is 2.34. The van der Waals surface area contributed by atoms with E-state index >= 15 is 0 Å². The molecule has 0 aromatic heterocycles. The molecule has 7 heteroatoms. The maximum Gasteiger partial charge on any atom is 0.501 e. The molecule has 1 rings (SSSR count). The normalized spacial score (nSPS) is 12.8. The molecule has 1 aromatic carbocycles. The summed E-state index contributed by atoms with van der Waals surface area (Å²) in [5.74, 6) is 0. The molecule has 17 heavy (non-hydrogen) atoms. The first-order valence-electron chi connectivity index (χ1n) is 4.83. The Kier molecular flexibility index (Phi) is 3.71. The van der Waals surface area contributed by atoms with E-state index in [1.165, 1.54) is 18.2 Å². The Morgan fingerprint density at radius 2 is 1.71 bits per heavy atom. The lowest BCUT2D eigenvalue weighted by molar-refractivity contribution is -0.0435. The first-order chi connectivity index (χ1) is 7.66. The largest absolute Gasteiger partial charge is 0.501 e. The van der Waals surface area contributed by atoms with Gasteiger partial charge in [0.05, 0.1) is 10.6 Å². The third kappa shape index (κ3) is 2.91. The van der Waals surface area contributed by atoms with Gasteiger partial charge in [-0.15, -0.1) is 0 Å². The van der Waals surface area contributed by atoms with Crippen LogP contribution in [0.2, 0.25) is 0 Å². The first kappa shape index (κ1) is 13.8. The van der Waals surface area contributed by atoms with Gasteiger partial charge >= 0.3 is 5.51 Å². The van der Waals surface area contributed by atoms with Crippen LogP contribution < -0.4 is 5.32 Å². The molecule has 0 amide bonds. The number of alkyl halides is 3. The fourth-order valence-corrected chi connectivity index (χ4v) is 2.18. The summed E-state index contributed by atoms with van der Waals surface area (Å²) in [6, 6.07) is 4.80. The minimum atomic E-state index is -5.32. The van der Waals surface area contributed by atoms with E-state index in [0.717, 1.165) is 6.07 Å². The third-order valence-corrected chi connectivity index (χ3v) is 3.47. The average molecular weight is 267 g/mol. The quantitative estimate of drug-likeness (QED) is 0.916. The number of halogens is 3. The van der Waals surface area contributed by atoms with Gasteiger partial charge in [-0.3, -0.25) is 0 Å². The summed E-state index contributed by atoms with van der Waals surface area (Å²) in [5.41, 5.74) is -5.33. The van der Waals surface area contributed by atoms with Crippen LogP contribution in [0, 0.1) is 0 Å². The number of para-hydroxylation sites is 1. The maximum atomic E-state index is 12.4. The minimum Gasteiger partial charge on any atom is -0.382 e. The van der Waals surface area contributed by atoms with Gasteiger partial charge in [0.1, 0.15) is 0 Å². The molecule has 1 N–H and O–H groups in total. The van der Waals surface area contributed by atoms with Gasteiger partial charge in [-0.05, 0) is 26.0 Å². The van der Waals surface area contributed by atoms with Crippen molar-refractivity contribution in [2.75, 3.05) is 5.32 Å². The smallest absolute Gasteiger partial charge is 0.382 e. The van der Waals surface area contributed by atoms with Crippen LogP contribution in [0.15, 0.2) is 29.2 Å². The van der Waals surface area contributed by atoms with Crippen LogP contribution in [0.4, 0.5) is 18.9 Å². The summed E-state index contributed by atoms with van der Waals surface area (Å²) in [7, 11) is -5.32. The number of nitrogens with one attached hydrogen (secondary N) is 1. The molecule has 0 fully saturated rings. The number of sulfone groups is 1. The van der Waals surface area contributed by atoms with Crippen molar-refractivity contribution in [1.82, 2.24) is 0 Å². The van der Waals surface area contributed by atoms with E-state index < -0.39 is 20.2 Å². The predicted molar refractivity (Wildman–Crippen MR) is 58.4 cm³/mol. The summed E-state index contributed by atoms with van der Waals surface area (Å²) >= 11 is 0. The first-order valence-corrected chi connectivity index (χ1v) is 6.31. The van der Waals surface area contributed by atoms with Crippen molar-refractivity contribution in [3.8, 4) is 0 Å². The number of rotatable bonds is 3. The summed E-state index contributed by atoms with van der Waals surface area (Å²) in [4.78, 5) is -0.749. The molecule has 0 aliphatic heterocycles. The summed E-state index contributed by atoms with van der Waals surface area (Å²) in [6.07, 6.45) is 0. The molecule has 0 atom stereocenters. The molecule has 0 unspecified atom stereocenters. The van der Waals surface area contributed by atoms with Gasteiger partial charge in [-0.2, -0.15) is 13.2 Å². The van der Waals surface area contributed by atoms with E-state index in [9.17, 15) is 21.6 Å². The van der Waals surface area contributed by atoms with Crippen molar-refractivity contribution >= 4 is 15.5 Å². The molecule has 0 radical (unpaired) electrons. The van der Waals surface area contributed by atoms with Crippen LogP contribution in [-0.2, 0) is 9.84 Å². The molecular formula is C10H12F3NO2S. The molecule has 1 aromatic rings. The number of hydrogen-bond acceptors (Lipinski definition) is 3. The second kappa shape index (κ2) is 4.56. The fraction of sp³-hybridized carbons (Fsp3) is 0.400. The minimum absolute atomic E-state index is 0.0418. The van der Waals surface area contributed by atoms with E-state index in [1.54, 1.807) is 13.8 Å². The monoisotopic (exact) mass is 267 g/mol. The summed E-state index contributed by atoms with van der Waals surface area (Å²) in [5, 5.41) is 2.67. The predicted octanol–water partition coefficient (Wildman–Crippen LogP) is 2.80. The van der Waals surface area contributed by atoms with Gasteiger partial charge in [0.2, 0.25) is 0 Å². The Morgan fingerprint density at radius 1 is 1.18 bits per heavy atom. The highest BCUT2D eigenvalue weighted by Gasteiger charge is 2.47. The molecule has 0 aliphatic rings. The number of hydrogen-bond donors (Lipinski definition) is 1. The maximum absolute atomic E-state index is 12.4. The van der Waals surface area contributed by atoms with Crippen molar-refractivity contribution in [2.45, 2.75) is 30.3 Å². The van der Waals surface area contributed by atoms with E-state index in [-0.39, 0.29) is 11.7 Å². The van der Waals surface area contributed by atoms with Gasteiger partial charge < -0.3 is 5.32 Å². The van der Waals surface area contributed by atoms with Crippen molar-refractivity contribution in [2.24, 2.45) is 0 Å². The molecule has 96 valence electrons. The lowest BCUT2D eigenvalue weighted by Gasteiger charge is -2.15. The number of anilines is 1. The van der Waals surface area contributed by atoms with Crippen LogP contribution >= 0.6 is 0 Å². The second-order valence-electron chi connectivity index (χ2n) is 3.74. The molecule has 0 spiro atoms. The average Bonchev–Trinajstić information content (AvgIpc) is 2.15. The Bertz CT molecular complexity index is 495. The third-order valence-electron chi connectivity index (χ3n) is 1.93. The van der Waals surface area contributed by atoms with Crippen molar-refractivity contribution in [3.05, 3.63) is 24.3 Å². The van der Waals surface area contributed by atoms with E-state index in [2.05, 4.69) is 5.32 Å².